The summed E-state index contributed by atoms with van der Waals surface area (Å²) in [5, 5.41) is 13.2. The lowest BCUT2D eigenvalue weighted by Gasteiger charge is -2.18. The summed E-state index contributed by atoms with van der Waals surface area (Å²) >= 11 is 0. The van der Waals surface area contributed by atoms with Crippen LogP contribution in [0.1, 0.15) is 46.1 Å². The quantitative estimate of drug-likeness (QED) is 0.704. The molecule has 4 rings (SSSR count). The van der Waals surface area contributed by atoms with Crippen molar-refractivity contribution in [1.82, 2.24) is 15.2 Å². The van der Waals surface area contributed by atoms with E-state index in [0.717, 1.165) is 35.1 Å². The first-order chi connectivity index (χ1) is 14.5. The van der Waals surface area contributed by atoms with Crippen LogP contribution in [0.15, 0.2) is 46.5 Å². The van der Waals surface area contributed by atoms with E-state index in [2.05, 4.69) is 22.4 Å². The summed E-state index contributed by atoms with van der Waals surface area (Å²) in [6, 6.07) is 12.3. The molecule has 1 unspecified atom stereocenters. The number of hydrogen-bond acceptors (Lipinski definition) is 5. The molecule has 1 heterocycles. The number of benzene rings is 2. The maximum Gasteiger partial charge on any atom is 0.309 e. The van der Waals surface area contributed by atoms with Crippen molar-refractivity contribution in [1.29, 1.82) is 5.26 Å². The molecule has 1 N–H and O–H groups in total. The van der Waals surface area contributed by atoms with Gasteiger partial charge in [0.15, 0.2) is 5.58 Å². The van der Waals surface area contributed by atoms with Crippen LogP contribution in [-0.4, -0.2) is 36.9 Å². The Kier molecular flexibility index (Phi) is 5.04. The number of carbonyl (C=O) groups excluding carboxylic acids is 1. The van der Waals surface area contributed by atoms with Crippen molar-refractivity contribution in [3.8, 4) is 17.2 Å². The Labute approximate surface area is 175 Å². The number of allylic oxidation sites excluding steroid dienone is 2. The molecule has 1 aliphatic carbocycles. The monoisotopic (exact) mass is 400 g/mol. The first-order valence-electron chi connectivity index (χ1n) is 9.98. The Morgan fingerprint density at radius 3 is 2.63 bits per heavy atom. The zero-order chi connectivity index (χ0) is 21.4. The fourth-order valence-corrected chi connectivity index (χ4v) is 4.20. The summed E-state index contributed by atoms with van der Waals surface area (Å²) < 4.78 is 6.06. The summed E-state index contributed by atoms with van der Waals surface area (Å²) in [6.07, 6.45) is 4.07. The minimum atomic E-state index is -0.321. The van der Waals surface area contributed by atoms with Crippen LogP contribution in [0.25, 0.3) is 22.2 Å². The van der Waals surface area contributed by atoms with E-state index in [0.29, 0.717) is 16.7 Å². The first kappa shape index (κ1) is 19.7. The van der Waals surface area contributed by atoms with Crippen molar-refractivity contribution in [3.05, 3.63) is 64.7 Å². The molecule has 2 aromatic carbocycles. The van der Waals surface area contributed by atoms with Crippen molar-refractivity contribution in [2.75, 3.05) is 21.1 Å². The number of nitriles is 1. The van der Waals surface area contributed by atoms with Gasteiger partial charge in [-0.1, -0.05) is 36.4 Å². The average molecular weight is 400 g/mol. The topological polar surface area (TPSA) is 82.2 Å². The van der Waals surface area contributed by atoms with Crippen LogP contribution in [-0.2, 0) is 0 Å². The summed E-state index contributed by atoms with van der Waals surface area (Å²) in [6.45, 7) is 1.95. The largest absolute Gasteiger partial charge is 0.432 e. The molecule has 0 saturated heterocycles. The van der Waals surface area contributed by atoms with Gasteiger partial charge in [-0.3, -0.25) is 4.79 Å². The third kappa shape index (κ3) is 3.13. The third-order valence-corrected chi connectivity index (χ3v) is 5.71. The van der Waals surface area contributed by atoms with Gasteiger partial charge < -0.3 is 14.6 Å². The molecule has 1 aromatic heterocycles. The normalized spacial score (nSPS) is 15.7. The van der Waals surface area contributed by atoms with E-state index in [-0.39, 0.29) is 17.7 Å². The molecule has 1 aliphatic rings. The third-order valence-electron chi connectivity index (χ3n) is 5.71. The number of fused-ring (bicyclic) bond motifs is 1. The molecule has 0 spiro atoms. The summed E-state index contributed by atoms with van der Waals surface area (Å²) in [4.78, 5) is 18.4. The number of rotatable bonds is 4. The second-order valence-electron chi connectivity index (χ2n) is 7.75. The van der Waals surface area contributed by atoms with Crippen molar-refractivity contribution in [2.24, 2.45) is 0 Å². The van der Waals surface area contributed by atoms with E-state index in [9.17, 15) is 10.1 Å². The predicted octanol–water partition coefficient (Wildman–Crippen LogP) is 4.36. The fraction of sp³-hybridized carbons (Fsp3) is 0.292. The lowest BCUT2D eigenvalue weighted by Crippen LogP contribution is -2.21. The number of carbonyl (C=O) groups is 1. The zero-order valence-electron chi connectivity index (χ0n) is 17.6. The van der Waals surface area contributed by atoms with E-state index >= 15 is 0 Å². The van der Waals surface area contributed by atoms with Gasteiger partial charge in [0, 0.05) is 38.3 Å². The molecule has 3 aromatic rings. The van der Waals surface area contributed by atoms with Crippen LogP contribution in [0.4, 0.5) is 0 Å². The van der Waals surface area contributed by atoms with Crippen LogP contribution in [0.3, 0.4) is 0 Å². The molecule has 1 amide bonds. The lowest BCUT2D eigenvalue weighted by atomic mass is 9.84. The number of amides is 1. The van der Waals surface area contributed by atoms with Crippen molar-refractivity contribution in [3.63, 3.8) is 0 Å². The fourth-order valence-electron chi connectivity index (χ4n) is 4.20. The van der Waals surface area contributed by atoms with Crippen LogP contribution < -0.4 is 5.32 Å². The Bertz CT molecular complexity index is 1200. The van der Waals surface area contributed by atoms with Crippen LogP contribution >= 0.6 is 0 Å². The highest BCUT2D eigenvalue weighted by Gasteiger charge is 2.30. The van der Waals surface area contributed by atoms with Gasteiger partial charge in [0.25, 0.3) is 5.89 Å². The van der Waals surface area contributed by atoms with E-state index in [4.69, 9.17) is 4.42 Å². The van der Waals surface area contributed by atoms with Crippen molar-refractivity contribution < 1.29 is 9.21 Å². The molecule has 0 fully saturated rings. The second kappa shape index (κ2) is 7.68. The van der Waals surface area contributed by atoms with E-state index < -0.39 is 0 Å². The molecule has 30 heavy (non-hydrogen) atoms. The number of nitrogens with one attached hydrogen (secondary N) is 1. The molecule has 1 atom stereocenters. The molecule has 6 nitrogen and oxygen atoms in total. The molecule has 0 radical (unpaired) electrons. The Balaban J connectivity index is 2.10. The standard InChI is InChI=1S/C24H24N4O2/c1-14-18(13-25)21-22(30-23(27-21)24(29)28(3)4)20(16-10-11-17(12-16)26-2)19(14)15-8-6-5-7-9-15/h5-9,12,16,26H,10-11H2,1-4H3. The number of hydrogen-bond donors (Lipinski definition) is 1. The van der Waals surface area contributed by atoms with Gasteiger partial charge in [-0.2, -0.15) is 5.26 Å². The molecule has 6 heteroatoms. The van der Waals surface area contributed by atoms with Crippen LogP contribution in [0.5, 0.6) is 0 Å². The summed E-state index contributed by atoms with van der Waals surface area (Å²) in [5.41, 5.74) is 6.46. The number of oxazole rings is 1. The molecule has 152 valence electrons. The SMILES string of the molecule is CNC1=CC(c2c(-c3ccccc3)c(C)c(C#N)c3nc(C(=O)N(C)C)oc23)CC1. The van der Waals surface area contributed by atoms with Gasteiger partial charge in [-0.25, -0.2) is 4.98 Å². The molecular formula is C24H24N4O2. The van der Waals surface area contributed by atoms with E-state index in [1.807, 2.05) is 44.3 Å². The van der Waals surface area contributed by atoms with E-state index in [1.54, 1.807) is 14.1 Å². The second-order valence-corrected chi connectivity index (χ2v) is 7.75. The minimum absolute atomic E-state index is 0.00757. The van der Waals surface area contributed by atoms with Gasteiger partial charge in [0.2, 0.25) is 0 Å². The lowest BCUT2D eigenvalue weighted by molar-refractivity contribution is 0.0791. The van der Waals surface area contributed by atoms with Gasteiger partial charge >= 0.3 is 5.91 Å². The Hall–Kier alpha value is -3.59. The van der Waals surface area contributed by atoms with Gasteiger partial charge in [0.05, 0.1) is 5.56 Å². The van der Waals surface area contributed by atoms with Crippen molar-refractivity contribution >= 4 is 17.0 Å². The van der Waals surface area contributed by atoms with Gasteiger partial charge in [-0.05, 0) is 36.5 Å². The number of aromatic nitrogens is 1. The zero-order valence-corrected chi connectivity index (χ0v) is 17.6. The van der Waals surface area contributed by atoms with Gasteiger partial charge in [-0.15, -0.1) is 0 Å². The smallest absolute Gasteiger partial charge is 0.309 e. The first-order valence-corrected chi connectivity index (χ1v) is 9.98. The van der Waals surface area contributed by atoms with Crippen molar-refractivity contribution in [2.45, 2.75) is 25.7 Å². The average Bonchev–Trinajstić information content (AvgIpc) is 3.40. The van der Waals surface area contributed by atoms with Gasteiger partial charge in [0.1, 0.15) is 11.6 Å². The highest BCUT2D eigenvalue weighted by Crippen LogP contribution is 2.45. The summed E-state index contributed by atoms with van der Waals surface area (Å²) in [5.74, 6) is -0.210. The highest BCUT2D eigenvalue weighted by molar-refractivity contribution is 5.97. The minimum Gasteiger partial charge on any atom is -0.432 e. The van der Waals surface area contributed by atoms with E-state index in [1.165, 1.54) is 10.6 Å². The molecule has 0 bridgehead atoms. The highest BCUT2D eigenvalue weighted by atomic mass is 16.4. The Morgan fingerprint density at radius 1 is 1.30 bits per heavy atom. The number of nitrogens with zero attached hydrogens (tertiary/aromatic N) is 3. The Morgan fingerprint density at radius 2 is 2.03 bits per heavy atom. The summed E-state index contributed by atoms with van der Waals surface area (Å²) in [7, 11) is 5.24. The predicted molar refractivity (Wildman–Crippen MR) is 116 cm³/mol. The maximum atomic E-state index is 12.5. The maximum absolute atomic E-state index is 12.5. The van der Waals surface area contributed by atoms with Crippen LogP contribution in [0, 0.1) is 18.3 Å². The molecule has 0 saturated carbocycles. The molecule has 0 aliphatic heterocycles. The van der Waals surface area contributed by atoms with Crippen LogP contribution in [0.2, 0.25) is 0 Å². The molecular weight excluding hydrogens is 376 g/mol.